The van der Waals surface area contributed by atoms with Gasteiger partial charge in [-0.1, -0.05) is 17.7 Å². The van der Waals surface area contributed by atoms with Gasteiger partial charge in [0.25, 0.3) is 0 Å². The van der Waals surface area contributed by atoms with E-state index in [0.29, 0.717) is 18.9 Å². The molecule has 2 aromatic rings. The van der Waals surface area contributed by atoms with E-state index >= 15 is 0 Å². The Kier molecular flexibility index (Phi) is 4.53. The maximum atomic E-state index is 5.94. The quantitative estimate of drug-likeness (QED) is 0.670. The molecule has 0 bridgehead atoms. The van der Waals surface area contributed by atoms with Crippen LogP contribution >= 0.6 is 11.6 Å². The summed E-state index contributed by atoms with van der Waals surface area (Å²) in [6, 6.07) is 12.9. The van der Waals surface area contributed by atoms with Crippen molar-refractivity contribution in [1.82, 2.24) is 0 Å². The molecule has 0 heterocycles. The zero-order valence-corrected chi connectivity index (χ0v) is 11.5. The van der Waals surface area contributed by atoms with Crippen LogP contribution in [0.1, 0.15) is 5.56 Å². The molecule has 0 spiro atoms. The Labute approximate surface area is 117 Å². The molecule has 0 aliphatic rings. The highest BCUT2D eigenvalue weighted by Crippen LogP contribution is 2.21. The normalized spacial score (nSPS) is 10.2. The van der Waals surface area contributed by atoms with Crippen LogP contribution in [0.4, 0.5) is 5.69 Å². The first-order chi connectivity index (χ1) is 9.15. The predicted octanol–water partition coefficient (Wildman–Crippen LogP) is 3.69. The van der Waals surface area contributed by atoms with Crippen molar-refractivity contribution in [3.05, 3.63) is 53.1 Å². The Balaban J connectivity index is 1.79. The number of hydrogen-bond acceptors (Lipinski definition) is 3. The SMILES string of the molecule is Cc1cc(OCCOc2cccc(N)c2)ccc1Cl. The van der Waals surface area contributed by atoms with Gasteiger partial charge in [-0.15, -0.1) is 0 Å². The van der Waals surface area contributed by atoms with Gasteiger partial charge in [0.2, 0.25) is 0 Å². The van der Waals surface area contributed by atoms with Crippen molar-refractivity contribution in [2.45, 2.75) is 6.92 Å². The van der Waals surface area contributed by atoms with E-state index in [9.17, 15) is 0 Å². The van der Waals surface area contributed by atoms with Crippen molar-refractivity contribution in [2.24, 2.45) is 0 Å². The van der Waals surface area contributed by atoms with E-state index in [1.54, 1.807) is 6.07 Å². The van der Waals surface area contributed by atoms with Crippen LogP contribution in [-0.2, 0) is 0 Å². The highest BCUT2D eigenvalue weighted by atomic mass is 35.5. The summed E-state index contributed by atoms with van der Waals surface area (Å²) >= 11 is 5.94. The van der Waals surface area contributed by atoms with Crippen LogP contribution in [0.5, 0.6) is 11.5 Å². The van der Waals surface area contributed by atoms with Gasteiger partial charge in [0.15, 0.2) is 0 Å². The smallest absolute Gasteiger partial charge is 0.122 e. The van der Waals surface area contributed by atoms with Crippen molar-refractivity contribution in [3.8, 4) is 11.5 Å². The fourth-order valence-corrected chi connectivity index (χ4v) is 1.75. The molecule has 0 aromatic heterocycles. The van der Waals surface area contributed by atoms with Crippen LogP contribution in [0.25, 0.3) is 0 Å². The summed E-state index contributed by atoms with van der Waals surface area (Å²) in [6.45, 7) is 2.87. The number of anilines is 1. The Morgan fingerprint density at radius 2 is 1.68 bits per heavy atom. The van der Waals surface area contributed by atoms with Crippen molar-refractivity contribution in [2.75, 3.05) is 18.9 Å². The zero-order chi connectivity index (χ0) is 13.7. The Bertz CT molecular complexity index is 558. The Morgan fingerprint density at radius 1 is 1.00 bits per heavy atom. The molecule has 2 N–H and O–H groups in total. The van der Waals surface area contributed by atoms with Crippen molar-refractivity contribution in [1.29, 1.82) is 0 Å². The van der Waals surface area contributed by atoms with Gasteiger partial charge in [0.05, 0.1) is 0 Å². The molecule has 0 unspecified atom stereocenters. The number of nitrogens with two attached hydrogens (primary N) is 1. The van der Waals surface area contributed by atoms with E-state index in [4.69, 9.17) is 26.8 Å². The van der Waals surface area contributed by atoms with Gasteiger partial charge in [-0.05, 0) is 42.8 Å². The molecule has 0 radical (unpaired) electrons. The van der Waals surface area contributed by atoms with Gasteiger partial charge in [-0.25, -0.2) is 0 Å². The van der Waals surface area contributed by atoms with Crippen molar-refractivity contribution >= 4 is 17.3 Å². The van der Waals surface area contributed by atoms with Crippen molar-refractivity contribution < 1.29 is 9.47 Å². The summed E-state index contributed by atoms with van der Waals surface area (Å²) in [5.74, 6) is 1.54. The highest BCUT2D eigenvalue weighted by molar-refractivity contribution is 6.31. The van der Waals surface area contributed by atoms with Gasteiger partial charge < -0.3 is 15.2 Å². The Morgan fingerprint density at radius 3 is 2.32 bits per heavy atom. The van der Waals surface area contributed by atoms with Gasteiger partial charge in [0, 0.05) is 16.8 Å². The topological polar surface area (TPSA) is 44.5 Å². The van der Waals surface area contributed by atoms with E-state index in [1.807, 2.05) is 43.3 Å². The second-order valence-corrected chi connectivity index (χ2v) is 4.59. The van der Waals surface area contributed by atoms with E-state index < -0.39 is 0 Å². The monoisotopic (exact) mass is 277 g/mol. The van der Waals surface area contributed by atoms with E-state index in [-0.39, 0.29) is 0 Å². The minimum atomic E-state index is 0.463. The Hall–Kier alpha value is -1.87. The lowest BCUT2D eigenvalue weighted by molar-refractivity contribution is 0.217. The van der Waals surface area contributed by atoms with Gasteiger partial charge >= 0.3 is 0 Å². The number of benzene rings is 2. The maximum absolute atomic E-state index is 5.94. The first-order valence-electron chi connectivity index (χ1n) is 6.02. The molecule has 0 aliphatic heterocycles. The molecule has 19 heavy (non-hydrogen) atoms. The number of hydrogen-bond donors (Lipinski definition) is 1. The van der Waals surface area contributed by atoms with Gasteiger partial charge in [-0.3, -0.25) is 0 Å². The second-order valence-electron chi connectivity index (χ2n) is 4.18. The molecule has 0 fully saturated rings. The third-order valence-electron chi connectivity index (χ3n) is 2.61. The zero-order valence-electron chi connectivity index (χ0n) is 10.7. The molecule has 2 aromatic carbocycles. The fraction of sp³-hybridized carbons (Fsp3) is 0.200. The van der Waals surface area contributed by atoms with Crippen molar-refractivity contribution in [3.63, 3.8) is 0 Å². The van der Waals surface area contributed by atoms with Gasteiger partial charge in [0.1, 0.15) is 24.7 Å². The molecule has 2 rings (SSSR count). The van der Waals surface area contributed by atoms with Crippen LogP contribution in [0.2, 0.25) is 5.02 Å². The van der Waals surface area contributed by atoms with Crippen LogP contribution in [-0.4, -0.2) is 13.2 Å². The van der Waals surface area contributed by atoms with E-state index in [2.05, 4.69) is 0 Å². The van der Waals surface area contributed by atoms with E-state index in [0.717, 1.165) is 22.1 Å². The highest BCUT2D eigenvalue weighted by Gasteiger charge is 1.99. The molecular weight excluding hydrogens is 262 g/mol. The fourth-order valence-electron chi connectivity index (χ4n) is 1.63. The number of aryl methyl sites for hydroxylation is 1. The molecular formula is C15H16ClNO2. The molecule has 3 nitrogen and oxygen atoms in total. The molecule has 4 heteroatoms. The minimum absolute atomic E-state index is 0.463. The largest absolute Gasteiger partial charge is 0.490 e. The molecule has 0 atom stereocenters. The maximum Gasteiger partial charge on any atom is 0.122 e. The summed E-state index contributed by atoms with van der Waals surface area (Å²) in [5, 5.41) is 0.739. The summed E-state index contributed by atoms with van der Waals surface area (Å²) in [7, 11) is 0. The number of nitrogen functional groups attached to an aromatic ring is 1. The molecule has 0 aliphatic carbocycles. The summed E-state index contributed by atoms with van der Waals surface area (Å²) < 4.78 is 11.1. The number of ether oxygens (including phenoxy) is 2. The molecule has 0 saturated heterocycles. The number of rotatable bonds is 5. The van der Waals surface area contributed by atoms with Gasteiger partial charge in [-0.2, -0.15) is 0 Å². The molecule has 100 valence electrons. The minimum Gasteiger partial charge on any atom is -0.490 e. The molecule has 0 saturated carbocycles. The summed E-state index contributed by atoms with van der Waals surface area (Å²) in [6.07, 6.45) is 0. The average molecular weight is 278 g/mol. The molecule has 0 amide bonds. The van der Waals surface area contributed by atoms with E-state index in [1.165, 1.54) is 0 Å². The third-order valence-corrected chi connectivity index (χ3v) is 3.03. The first kappa shape index (κ1) is 13.6. The predicted molar refractivity (Wildman–Crippen MR) is 78.0 cm³/mol. The lowest BCUT2D eigenvalue weighted by atomic mass is 10.2. The lowest BCUT2D eigenvalue weighted by Gasteiger charge is -2.09. The average Bonchev–Trinajstić information content (AvgIpc) is 2.39. The van der Waals surface area contributed by atoms with Crippen LogP contribution in [0, 0.1) is 6.92 Å². The summed E-state index contributed by atoms with van der Waals surface area (Å²) in [4.78, 5) is 0. The second kappa shape index (κ2) is 6.34. The van der Waals surface area contributed by atoms with Crippen LogP contribution < -0.4 is 15.2 Å². The standard InChI is InChI=1S/C15H16ClNO2/c1-11-9-14(5-6-15(11)16)19-8-7-18-13-4-2-3-12(17)10-13/h2-6,9-10H,7-8,17H2,1H3. The third kappa shape index (κ3) is 4.07. The van der Waals surface area contributed by atoms with Crippen LogP contribution in [0.3, 0.4) is 0 Å². The number of halogens is 1. The van der Waals surface area contributed by atoms with Crippen LogP contribution in [0.15, 0.2) is 42.5 Å². The first-order valence-corrected chi connectivity index (χ1v) is 6.40. The summed E-state index contributed by atoms with van der Waals surface area (Å²) in [5.41, 5.74) is 7.34. The lowest BCUT2D eigenvalue weighted by Crippen LogP contribution is -2.09.